The number of hydrogen-bond donors (Lipinski definition) is 1. The van der Waals surface area contributed by atoms with Crippen LogP contribution in [0.15, 0.2) is 41.6 Å². The summed E-state index contributed by atoms with van der Waals surface area (Å²) in [4.78, 5) is 13.9. The molecule has 0 fully saturated rings. The highest BCUT2D eigenvalue weighted by Crippen LogP contribution is 2.21. The summed E-state index contributed by atoms with van der Waals surface area (Å²) in [5.74, 6) is -3.19. The molecule has 0 aliphatic heterocycles. The zero-order chi connectivity index (χ0) is 16.3. The van der Waals surface area contributed by atoms with Gasteiger partial charge in [-0.3, -0.25) is 9.71 Å². The van der Waals surface area contributed by atoms with Gasteiger partial charge in [-0.25, -0.2) is 22.0 Å². The molecular formula is C13H10F2N2O4S. The van der Waals surface area contributed by atoms with Crippen LogP contribution in [0.3, 0.4) is 0 Å². The third-order valence-electron chi connectivity index (χ3n) is 2.60. The molecule has 1 N–H and O–H groups in total. The summed E-state index contributed by atoms with van der Waals surface area (Å²) >= 11 is 0. The molecule has 0 saturated heterocycles. The largest absolute Gasteiger partial charge is 0.465 e. The van der Waals surface area contributed by atoms with Crippen molar-refractivity contribution in [2.24, 2.45) is 0 Å². The number of carbonyl (C=O) groups excluding carboxylic acids is 1. The number of nitrogens with zero attached hydrogens (tertiary/aromatic N) is 1. The Morgan fingerprint density at radius 1 is 1.23 bits per heavy atom. The Bertz CT molecular complexity index is 804. The molecule has 1 aromatic carbocycles. The van der Waals surface area contributed by atoms with Crippen LogP contribution in [0.25, 0.3) is 0 Å². The molecule has 0 atom stereocenters. The summed E-state index contributed by atoms with van der Waals surface area (Å²) in [5.41, 5.74) is -0.151. The molecule has 1 aromatic heterocycles. The van der Waals surface area contributed by atoms with Gasteiger partial charge in [0.15, 0.2) is 4.90 Å². The minimum Gasteiger partial charge on any atom is -0.465 e. The highest BCUT2D eigenvalue weighted by molar-refractivity contribution is 7.92. The van der Waals surface area contributed by atoms with Crippen molar-refractivity contribution in [3.05, 3.63) is 53.9 Å². The van der Waals surface area contributed by atoms with Crippen LogP contribution in [0.5, 0.6) is 0 Å². The van der Waals surface area contributed by atoms with Crippen LogP contribution in [0.2, 0.25) is 0 Å². The Kier molecular flexibility index (Phi) is 4.36. The number of sulfonamides is 1. The van der Waals surface area contributed by atoms with Crippen molar-refractivity contribution in [3.63, 3.8) is 0 Å². The second-order valence-corrected chi connectivity index (χ2v) is 5.73. The molecule has 0 aliphatic carbocycles. The number of halogens is 2. The first-order valence-electron chi connectivity index (χ1n) is 5.85. The van der Waals surface area contributed by atoms with Crippen LogP contribution in [-0.4, -0.2) is 26.5 Å². The van der Waals surface area contributed by atoms with Crippen molar-refractivity contribution in [2.75, 3.05) is 11.8 Å². The molecule has 116 valence electrons. The number of ether oxygens (including phenoxy) is 1. The number of benzene rings is 1. The van der Waals surface area contributed by atoms with E-state index in [0.717, 1.165) is 43.8 Å². The van der Waals surface area contributed by atoms with E-state index >= 15 is 0 Å². The van der Waals surface area contributed by atoms with Crippen LogP contribution in [0.4, 0.5) is 14.5 Å². The zero-order valence-electron chi connectivity index (χ0n) is 11.2. The van der Waals surface area contributed by atoms with Gasteiger partial charge in [0.2, 0.25) is 0 Å². The number of nitrogens with one attached hydrogen (secondary N) is 1. The summed E-state index contributed by atoms with van der Waals surface area (Å²) in [6, 6.07) is 3.82. The third kappa shape index (κ3) is 3.19. The number of carbonyl (C=O) groups is 1. The topological polar surface area (TPSA) is 85.4 Å². The number of methoxy groups -OCH3 is 1. The normalized spacial score (nSPS) is 11.0. The third-order valence-corrected chi connectivity index (χ3v) is 4.03. The monoisotopic (exact) mass is 328 g/mol. The van der Waals surface area contributed by atoms with Crippen molar-refractivity contribution >= 4 is 21.7 Å². The molecule has 9 heteroatoms. The molecule has 0 bridgehead atoms. The van der Waals surface area contributed by atoms with E-state index in [0.29, 0.717) is 0 Å². The molecule has 0 saturated carbocycles. The van der Waals surface area contributed by atoms with E-state index in [1.807, 2.05) is 4.72 Å². The van der Waals surface area contributed by atoms with Crippen molar-refractivity contribution < 1.29 is 26.7 Å². The maximum atomic E-state index is 13.6. The van der Waals surface area contributed by atoms with Crippen molar-refractivity contribution in [1.29, 1.82) is 0 Å². The number of rotatable bonds is 4. The molecule has 0 aliphatic rings. The average Bonchev–Trinajstić information content (AvgIpc) is 2.45. The number of esters is 1. The van der Waals surface area contributed by atoms with Crippen LogP contribution < -0.4 is 4.72 Å². The Morgan fingerprint density at radius 3 is 2.45 bits per heavy atom. The lowest BCUT2D eigenvalue weighted by Gasteiger charge is -2.10. The molecule has 0 amide bonds. The zero-order valence-corrected chi connectivity index (χ0v) is 12.0. The molecule has 0 spiro atoms. The highest BCUT2D eigenvalue weighted by atomic mass is 32.2. The second kappa shape index (κ2) is 6.06. The first kappa shape index (κ1) is 15.8. The second-order valence-electron chi connectivity index (χ2n) is 4.11. The number of aromatic nitrogens is 1. The minimum absolute atomic E-state index is 0.0169. The highest BCUT2D eigenvalue weighted by Gasteiger charge is 2.24. The summed E-state index contributed by atoms with van der Waals surface area (Å²) in [6.45, 7) is 0. The van der Waals surface area contributed by atoms with E-state index in [1.54, 1.807) is 0 Å². The fourth-order valence-corrected chi connectivity index (χ4v) is 2.84. The van der Waals surface area contributed by atoms with Crippen molar-refractivity contribution in [2.45, 2.75) is 4.90 Å². The SMILES string of the molecule is COC(=O)c1cncc(NS(=O)(=O)c2c(F)cccc2F)c1. The van der Waals surface area contributed by atoms with Crippen LogP contribution in [0, 0.1) is 11.6 Å². The van der Waals surface area contributed by atoms with Gasteiger partial charge in [-0.05, 0) is 18.2 Å². The fraction of sp³-hybridized carbons (Fsp3) is 0.0769. The van der Waals surface area contributed by atoms with Crippen molar-refractivity contribution in [3.8, 4) is 0 Å². The summed E-state index contributed by atoms with van der Waals surface area (Å²) in [5, 5.41) is 0. The quantitative estimate of drug-likeness (QED) is 0.867. The van der Waals surface area contributed by atoms with E-state index in [1.165, 1.54) is 0 Å². The molecule has 2 rings (SSSR count). The van der Waals surface area contributed by atoms with Gasteiger partial charge in [0.05, 0.1) is 24.6 Å². The molecule has 0 radical (unpaired) electrons. The van der Waals surface area contributed by atoms with E-state index in [-0.39, 0.29) is 11.3 Å². The lowest BCUT2D eigenvalue weighted by atomic mass is 10.3. The molecule has 22 heavy (non-hydrogen) atoms. The first-order valence-corrected chi connectivity index (χ1v) is 7.33. The molecule has 1 heterocycles. The Hall–Kier alpha value is -2.55. The Balaban J connectivity index is 2.40. The number of pyridine rings is 1. The van der Waals surface area contributed by atoms with Gasteiger partial charge in [-0.15, -0.1) is 0 Å². The van der Waals surface area contributed by atoms with Gasteiger partial charge in [0, 0.05) is 6.20 Å². The number of hydrogen-bond acceptors (Lipinski definition) is 5. The summed E-state index contributed by atoms with van der Waals surface area (Å²) < 4.78 is 57.7. The van der Waals surface area contributed by atoms with E-state index in [4.69, 9.17) is 0 Å². The summed E-state index contributed by atoms with van der Waals surface area (Å²) in [7, 11) is -3.37. The van der Waals surface area contributed by atoms with Gasteiger partial charge >= 0.3 is 5.97 Å². The fourth-order valence-electron chi connectivity index (χ4n) is 1.67. The van der Waals surface area contributed by atoms with E-state index < -0.39 is 32.5 Å². The van der Waals surface area contributed by atoms with E-state index in [9.17, 15) is 22.0 Å². The van der Waals surface area contributed by atoms with Gasteiger partial charge < -0.3 is 4.74 Å². The van der Waals surface area contributed by atoms with Gasteiger partial charge in [0.25, 0.3) is 10.0 Å². The Morgan fingerprint density at radius 2 is 1.86 bits per heavy atom. The number of anilines is 1. The van der Waals surface area contributed by atoms with E-state index in [2.05, 4.69) is 9.72 Å². The standard InChI is InChI=1S/C13H10F2N2O4S/c1-21-13(18)8-5-9(7-16-6-8)17-22(19,20)12-10(14)3-2-4-11(12)15/h2-7,17H,1H3. The van der Waals surface area contributed by atoms with Gasteiger partial charge in [0.1, 0.15) is 11.6 Å². The van der Waals surface area contributed by atoms with Crippen LogP contribution >= 0.6 is 0 Å². The van der Waals surface area contributed by atoms with Crippen molar-refractivity contribution in [1.82, 2.24) is 4.98 Å². The molecule has 2 aromatic rings. The maximum Gasteiger partial charge on any atom is 0.339 e. The van der Waals surface area contributed by atoms with Gasteiger partial charge in [-0.2, -0.15) is 0 Å². The maximum absolute atomic E-state index is 13.6. The predicted molar refractivity (Wildman–Crippen MR) is 72.7 cm³/mol. The van der Waals surface area contributed by atoms with Gasteiger partial charge in [-0.1, -0.05) is 6.07 Å². The molecular weight excluding hydrogens is 318 g/mol. The summed E-state index contributed by atoms with van der Waals surface area (Å²) in [6.07, 6.45) is 2.25. The average molecular weight is 328 g/mol. The first-order chi connectivity index (χ1) is 10.3. The lowest BCUT2D eigenvalue weighted by molar-refractivity contribution is 0.0600. The smallest absolute Gasteiger partial charge is 0.339 e. The molecule has 0 unspecified atom stereocenters. The van der Waals surface area contributed by atoms with Crippen LogP contribution in [-0.2, 0) is 14.8 Å². The van der Waals surface area contributed by atoms with Crippen LogP contribution in [0.1, 0.15) is 10.4 Å². The lowest BCUT2D eigenvalue weighted by Crippen LogP contribution is -2.17. The predicted octanol–water partition coefficient (Wildman–Crippen LogP) is 1.95. The molecule has 6 nitrogen and oxygen atoms in total. The minimum atomic E-state index is -4.52. The Labute approximate surface area is 124 Å².